The zero-order valence-corrected chi connectivity index (χ0v) is 20.4. The molecule has 3 N–H and O–H groups in total. The van der Waals surface area contributed by atoms with Crippen molar-refractivity contribution in [2.75, 3.05) is 0 Å². The lowest BCUT2D eigenvalue weighted by atomic mass is 9.44. The molecule has 0 aromatic heterocycles. The van der Waals surface area contributed by atoms with Crippen molar-refractivity contribution in [2.45, 2.75) is 117 Å². The molecule has 10 atom stereocenters. The highest BCUT2D eigenvalue weighted by molar-refractivity contribution is 5.79. The minimum atomic E-state index is -1.04. The molecule has 4 fully saturated rings. The van der Waals surface area contributed by atoms with E-state index in [1.807, 2.05) is 0 Å². The van der Waals surface area contributed by atoms with Crippen LogP contribution in [0.4, 0.5) is 0 Å². The van der Waals surface area contributed by atoms with E-state index >= 15 is 0 Å². The number of Topliss-reactive ketones (excluding diaryl/α,β-unsaturated/α-hetero) is 1. The third-order valence-electron chi connectivity index (χ3n) is 11.0. The monoisotopic (exact) mass is 434 g/mol. The van der Waals surface area contributed by atoms with Gasteiger partial charge in [-0.15, -0.1) is 0 Å². The van der Waals surface area contributed by atoms with Gasteiger partial charge in [0.1, 0.15) is 5.78 Å². The first-order valence-corrected chi connectivity index (χ1v) is 13.0. The number of carbonyl (C=O) groups excluding carboxylic acids is 1. The fourth-order valence-corrected chi connectivity index (χ4v) is 8.96. The van der Waals surface area contributed by atoms with Crippen LogP contribution in [0, 0.1) is 46.3 Å². The first-order valence-electron chi connectivity index (χ1n) is 13.0. The number of ketones is 1. The van der Waals surface area contributed by atoms with Crippen LogP contribution in [-0.4, -0.2) is 38.9 Å². The molecule has 0 spiro atoms. The van der Waals surface area contributed by atoms with Gasteiger partial charge in [-0.2, -0.15) is 0 Å². The summed E-state index contributed by atoms with van der Waals surface area (Å²) in [6, 6.07) is 0. The van der Waals surface area contributed by atoms with Crippen molar-refractivity contribution in [3.05, 3.63) is 0 Å². The Morgan fingerprint density at radius 2 is 1.74 bits per heavy atom. The number of hydrogen-bond acceptors (Lipinski definition) is 4. The molecule has 0 aromatic rings. The zero-order chi connectivity index (χ0) is 22.8. The molecule has 0 amide bonds. The molecule has 0 aromatic carbocycles. The Morgan fingerprint density at radius 1 is 1.06 bits per heavy atom. The van der Waals surface area contributed by atoms with Crippen molar-refractivity contribution < 1.29 is 20.1 Å². The fraction of sp³-hybridized carbons (Fsp3) is 0.963. The van der Waals surface area contributed by atoms with Crippen LogP contribution >= 0.6 is 0 Å². The van der Waals surface area contributed by atoms with E-state index < -0.39 is 11.7 Å². The first kappa shape index (κ1) is 23.7. The Morgan fingerprint density at radius 3 is 2.42 bits per heavy atom. The quantitative estimate of drug-likeness (QED) is 0.584. The van der Waals surface area contributed by atoms with E-state index in [0.717, 1.165) is 25.7 Å². The van der Waals surface area contributed by atoms with E-state index in [2.05, 4.69) is 20.8 Å². The van der Waals surface area contributed by atoms with Crippen LogP contribution in [-0.2, 0) is 4.79 Å². The maximum absolute atomic E-state index is 12.1. The van der Waals surface area contributed by atoms with Gasteiger partial charge >= 0.3 is 0 Å². The Balaban J connectivity index is 1.50. The molecule has 4 aliphatic carbocycles. The van der Waals surface area contributed by atoms with Crippen molar-refractivity contribution in [2.24, 2.45) is 46.3 Å². The Labute approximate surface area is 189 Å². The van der Waals surface area contributed by atoms with Gasteiger partial charge in [0, 0.05) is 12.8 Å². The summed E-state index contributed by atoms with van der Waals surface area (Å²) >= 11 is 0. The van der Waals surface area contributed by atoms with Crippen molar-refractivity contribution >= 4 is 5.78 Å². The average Bonchev–Trinajstić information content (AvgIpc) is 3.03. The lowest BCUT2D eigenvalue weighted by molar-refractivity contribution is -0.169. The maximum atomic E-state index is 12.1. The minimum absolute atomic E-state index is 0.222. The second-order valence-electron chi connectivity index (χ2n) is 13.0. The molecule has 0 bridgehead atoms. The van der Waals surface area contributed by atoms with Crippen LogP contribution in [0.25, 0.3) is 0 Å². The summed E-state index contributed by atoms with van der Waals surface area (Å²) in [5.41, 5.74) is -0.561. The van der Waals surface area contributed by atoms with Gasteiger partial charge < -0.3 is 15.3 Å². The normalized spacial score (nSPS) is 47.3. The molecule has 4 rings (SSSR count). The largest absolute Gasteiger partial charge is 0.393 e. The zero-order valence-electron chi connectivity index (χ0n) is 20.4. The maximum Gasteiger partial charge on any atom is 0.133 e. The van der Waals surface area contributed by atoms with E-state index in [4.69, 9.17) is 0 Å². The van der Waals surface area contributed by atoms with Crippen molar-refractivity contribution in [1.29, 1.82) is 0 Å². The second-order valence-corrected chi connectivity index (χ2v) is 13.0. The average molecular weight is 435 g/mol. The van der Waals surface area contributed by atoms with Crippen LogP contribution in [0.2, 0.25) is 0 Å². The highest BCUT2D eigenvalue weighted by Crippen LogP contribution is 2.68. The summed E-state index contributed by atoms with van der Waals surface area (Å²) in [4.78, 5) is 12.1. The summed E-state index contributed by atoms with van der Waals surface area (Å²) in [5.74, 6) is 3.41. The lowest BCUT2D eigenvalue weighted by Gasteiger charge is -2.62. The van der Waals surface area contributed by atoms with Gasteiger partial charge in [-0.05, 0) is 112 Å². The third kappa shape index (κ3) is 3.93. The third-order valence-corrected chi connectivity index (χ3v) is 11.0. The van der Waals surface area contributed by atoms with E-state index in [-0.39, 0.29) is 16.9 Å². The molecule has 0 heterocycles. The van der Waals surface area contributed by atoms with E-state index in [1.165, 1.54) is 25.7 Å². The molecular weight excluding hydrogens is 388 g/mol. The van der Waals surface area contributed by atoms with Gasteiger partial charge in [-0.1, -0.05) is 20.8 Å². The number of fused-ring (bicyclic) bond motifs is 5. The van der Waals surface area contributed by atoms with Gasteiger partial charge in [-0.25, -0.2) is 0 Å². The molecule has 1 unspecified atom stereocenters. The summed E-state index contributed by atoms with van der Waals surface area (Å²) in [6.07, 6.45) is 8.73. The Kier molecular flexibility index (Phi) is 6.19. The summed E-state index contributed by atoms with van der Waals surface area (Å²) in [6.45, 7) is 10.6. The van der Waals surface area contributed by atoms with Gasteiger partial charge in [-0.3, -0.25) is 4.79 Å². The van der Waals surface area contributed by atoms with E-state index in [0.29, 0.717) is 54.1 Å². The first-order chi connectivity index (χ1) is 14.4. The van der Waals surface area contributed by atoms with Crippen LogP contribution in [0.3, 0.4) is 0 Å². The van der Waals surface area contributed by atoms with Crippen molar-refractivity contribution in [3.63, 3.8) is 0 Å². The minimum Gasteiger partial charge on any atom is -0.393 e. The predicted octanol–water partition coefficient (Wildman–Crippen LogP) is 4.73. The number of aliphatic hydroxyl groups is 3. The molecule has 0 saturated heterocycles. The highest BCUT2D eigenvalue weighted by Gasteiger charge is 2.62. The molecule has 4 saturated carbocycles. The number of aliphatic hydroxyl groups excluding tert-OH is 2. The second kappa shape index (κ2) is 8.09. The molecule has 4 nitrogen and oxygen atoms in total. The Hall–Kier alpha value is -0.450. The van der Waals surface area contributed by atoms with Gasteiger partial charge in [0.2, 0.25) is 0 Å². The van der Waals surface area contributed by atoms with Crippen LogP contribution in [0.1, 0.15) is 98.8 Å². The summed E-state index contributed by atoms with van der Waals surface area (Å²) in [7, 11) is 0. The van der Waals surface area contributed by atoms with Crippen LogP contribution in [0.5, 0.6) is 0 Å². The topological polar surface area (TPSA) is 77.8 Å². The summed E-state index contributed by atoms with van der Waals surface area (Å²) < 4.78 is 0. The lowest BCUT2D eigenvalue weighted by Crippen LogP contribution is -2.58. The Bertz CT molecular complexity index is 683. The smallest absolute Gasteiger partial charge is 0.133 e. The number of carbonyl (C=O) groups is 1. The van der Waals surface area contributed by atoms with Gasteiger partial charge in [0.15, 0.2) is 0 Å². The van der Waals surface area contributed by atoms with Crippen molar-refractivity contribution in [3.8, 4) is 0 Å². The SMILES string of the molecule is C[C@H](CCC(O)C(C)(C)O)[C@H]1CC[C@H]2[C@@H]3[C@H](O)C[C@@H]4CC(=O)CC[C@]4(C)[C@H]3CC[C@]12C. The number of rotatable bonds is 5. The van der Waals surface area contributed by atoms with Crippen LogP contribution in [0.15, 0.2) is 0 Å². The molecular formula is C27H46O4. The molecule has 0 aliphatic heterocycles. The van der Waals surface area contributed by atoms with Gasteiger partial charge in [0.25, 0.3) is 0 Å². The molecule has 31 heavy (non-hydrogen) atoms. The highest BCUT2D eigenvalue weighted by atomic mass is 16.3. The fourth-order valence-electron chi connectivity index (χ4n) is 8.96. The van der Waals surface area contributed by atoms with E-state index in [1.54, 1.807) is 13.8 Å². The van der Waals surface area contributed by atoms with E-state index in [9.17, 15) is 20.1 Å². The van der Waals surface area contributed by atoms with Gasteiger partial charge in [0.05, 0.1) is 17.8 Å². The van der Waals surface area contributed by atoms with Crippen molar-refractivity contribution in [1.82, 2.24) is 0 Å². The standard InChI is InChI=1S/C27H46O4/c1-16(6-9-23(30)25(2,3)31)19-7-8-20-24-21(11-13-27(19,20)5)26(4)12-10-18(28)14-17(26)15-22(24)29/h16-17,19-24,29-31H,6-15H2,1-5H3/t16-,17+,19-,20+,21+,22-,23?,24+,26+,27-/m1/s1. The molecule has 0 radical (unpaired) electrons. The molecule has 4 heteroatoms. The predicted molar refractivity (Wildman–Crippen MR) is 122 cm³/mol. The van der Waals surface area contributed by atoms with Crippen LogP contribution < -0.4 is 0 Å². The summed E-state index contributed by atoms with van der Waals surface area (Å²) in [5, 5.41) is 31.7. The molecule has 4 aliphatic rings. The number of hydrogen-bond donors (Lipinski definition) is 3. The molecule has 178 valence electrons.